The standard InChI is InChI=1S/C14H10Cl2O5.C13H8Br2O6.C13H9BrO6/c1-5-10(15)9(11(16)14(21)12(5)19)13(20)6-2-3-7(17)8(18)4-6;14-6-3-9(17)8(16)2-4(6)10(18)5-1-7(15)12(20)13(21)11(5)19;14-7-4-6(11(18)13(20)12(7)19)10(17)5-1-2-8(15)9(16)3-5/h2-4,17-19,21H,1H3;1-3,16-17,19-21H;1-4,15-16,18-20H. The predicted octanol–water partition coefficient (Wildman–Crippen LogP) is 8.53. The van der Waals surface area contributed by atoms with Crippen molar-refractivity contribution in [1.82, 2.24) is 0 Å². The number of benzene rings is 6. The molecule has 0 aliphatic heterocycles. The van der Waals surface area contributed by atoms with Gasteiger partial charge in [0.05, 0.1) is 35.7 Å². The zero-order valence-corrected chi connectivity index (χ0v) is 36.9. The number of rotatable bonds is 6. The Kier molecular flexibility index (Phi) is 14.8. The fraction of sp³-hybridized carbons (Fsp3) is 0.0250. The molecule has 0 aromatic heterocycles. The first kappa shape index (κ1) is 48.2. The van der Waals surface area contributed by atoms with Crippen molar-refractivity contribution in [1.29, 1.82) is 0 Å². The highest BCUT2D eigenvalue weighted by atomic mass is 79.9. The molecule has 22 heteroatoms. The van der Waals surface area contributed by atoms with Gasteiger partial charge in [-0.25, -0.2) is 0 Å². The molecule has 0 aliphatic rings. The van der Waals surface area contributed by atoms with E-state index in [-0.39, 0.29) is 73.9 Å². The van der Waals surface area contributed by atoms with E-state index < -0.39 is 86.3 Å². The first-order chi connectivity index (χ1) is 28.8. The number of hydrogen-bond acceptors (Lipinski definition) is 17. The van der Waals surface area contributed by atoms with E-state index in [2.05, 4.69) is 47.8 Å². The molecule has 0 heterocycles. The van der Waals surface area contributed by atoms with Gasteiger partial charge in [-0.05, 0) is 115 Å². The van der Waals surface area contributed by atoms with E-state index in [0.29, 0.717) is 0 Å². The van der Waals surface area contributed by atoms with Crippen molar-refractivity contribution in [2.24, 2.45) is 0 Å². The summed E-state index contributed by atoms with van der Waals surface area (Å²) in [6.07, 6.45) is 0. The molecular weight excluding hydrogens is 1060 g/mol. The summed E-state index contributed by atoms with van der Waals surface area (Å²) in [4.78, 5) is 37.0. The Morgan fingerprint density at radius 2 is 0.790 bits per heavy atom. The highest BCUT2D eigenvalue weighted by molar-refractivity contribution is 9.11. The molecule has 0 spiro atoms. The average Bonchev–Trinajstić information content (AvgIpc) is 3.23. The molecule has 6 aromatic rings. The molecule has 0 aliphatic carbocycles. The summed E-state index contributed by atoms with van der Waals surface area (Å²) in [7, 11) is 0. The van der Waals surface area contributed by atoms with Gasteiger partial charge in [-0.15, -0.1) is 0 Å². The summed E-state index contributed by atoms with van der Waals surface area (Å²) in [6.45, 7) is 1.42. The molecule has 0 unspecified atom stereocenters. The van der Waals surface area contributed by atoms with Crippen molar-refractivity contribution < 1.29 is 85.9 Å². The molecule has 17 nitrogen and oxygen atoms in total. The highest BCUT2D eigenvalue weighted by Crippen LogP contribution is 2.47. The first-order valence-electron chi connectivity index (χ1n) is 16.5. The van der Waals surface area contributed by atoms with Gasteiger partial charge in [-0.2, -0.15) is 0 Å². The van der Waals surface area contributed by atoms with E-state index in [1.54, 1.807) is 0 Å². The molecule has 62 heavy (non-hydrogen) atoms. The minimum absolute atomic E-state index is 0.00686. The SMILES string of the molecule is Cc1c(O)c(O)c(Cl)c(C(=O)c2ccc(O)c(O)c2)c1Cl.O=C(c1cc(O)c(O)cc1Br)c1cc(Br)c(O)c(O)c1O.O=C(c1ccc(O)c(O)c1)c1cc(Br)c(O)c(O)c1O. The number of halogens is 5. The molecule has 14 N–H and O–H groups in total. The second-order valence-corrected chi connectivity index (χ2v) is 15.8. The van der Waals surface area contributed by atoms with Crippen LogP contribution in [0.1, 0.15) is 53.3 Å². The lowest BCUT2D eigenvalue weighted by molar-refractivity contribution is 0.102. The number of carbonyl (C=O) groups excluding carboxylic acids is 3. The van der Waals surface area contributed by atoms with Crippen LogP contribution in [-0.4, -0.2) is 88.8 Å². The molecule has 0 amide bonds. The van der Waals surface area contributed by atoms with Crippen LogP contribution < -0.4 is 0 Å². The van der Waals surface area contributed by atoms with Crippen LogP contribution in [0.15, 0.2) is 74.1 Å². The Morgan fingerprint density at radius 3 is 1.24 bits per heavy atom. The monoisotopic (exact) mass is 1090 g/mol. The number of ketones is 3. The van der Waals surface area contributed by atoms with Crippen molar-refractivity contribution in [3.05, 3.63) is 123 Å². The van der Waals surface area contributed by atoms with E-state index in [0.717, 1.165) is 48.5 Å². The molecule has 324 valence electrons. The molecule has 6 aromatic carbocycles. The van der Waals surface area contributed by atoms with Crippen LogP contribution in [0.4, 0.5) is 0 Å². The van der Waals surface area contributed by atoms with E-state index in [9.17, 15) is 85.9 Å². The van der Waals surface area contributed by atoms with Crippen molar-refractivity contribution in [3.8, 4) is 80.5 Å². The van der Waals surface area contributed by atoms with Crippen LogP contribution in [0.25, 0.3) is 0 Å². The Balaban J connectivity index is 0.000000205. The van der Waals surface area contributed by atoms with E-state index >= 15 is 0 Å². The quantitative estimate of drug-likeness (QED) is 0.0548. The number of phenols is 14. The molecule has 0 bridgehead atoms. The molecule has 6 rings (SSSR count). The number of carbonyl (C=O) groups is 3. The third-order valence-electron chi connectivity index (χ3n) is 8.46. The first-order valence-corrected chi connectivity index (χ1v) is 19.6. The maximum atomic E-state index is 12.4. The second-order valence-electron chi connectivity index (χ2n) is 12.4. The summed E-state index contributed by atoms with van der Waals surface area (Å²) >= 11 is 20.8. The van der Waals surface area contributed by atoms with Crippen molar-refractivity contribution in [2.45, 2.75) is 6.92 Å². The topological polar surface area (TPSA) is 334 Å². The van der Waals surface area contributed by atoms with E-state index in [1.807, 2.05) is 0 Å². The zero-order valence-electron chi connectivity index (χ0n) is 30.6. The van der Waals surface area contributed by atoms with Crippen LogP contribution in [-0.2, 0) is 0 Å². The van der Waals surface area contributed by atoms with Gasteiger partial charge in [0, 0.05) is 26.7 Å². The molecular formula is C40H27Br3Cl2O17. The van der Waals surface area contributed by atoms with Crippen molar-refractivity contribution >= 4 is 88.3 Å². The van der Waals surface area contributed by atoms with Crippen LogP contribution in [0.3, 0.4) is 0 Å². The Morgan fingerprint density at radius 1 is 0.387 bits per heavy atom. The highest BCUT2D eigenvalue weighted by Gasteiger charge is 2.27. The summed E-state index contributed by atoms with van der Waals surface area (Å²) in [6, 6.07) is 11.2. The van der Waals surface area contributed by atoms with Crippen molar-refractivity contribution in [3.63, 3.8) is 0 Å². The molecule has 0 saturated heterocycles. The van der Waals surface area contributed by atoms with Gasteiger partial charge in [0.2, 0.25) is 11.5 Å². The maximum absolute atomic E-state index is 12.4. The van der Waals surface area contributed by atoms with Gasteiger partial charge in [-0.3, -0.25) is 14.4 Å². The smallest absolute Gasteiger partial charge is 0.202 e. The summed E-state index contributed by atoms with van der Waals surface area (Å²) < 4.78 is 0.227. The summed E-state index contributed by atoms with van der Waals surface area (Å²) in [5.41, 5.74) is -0.690. The largest absolute Gasteiger partial charge is 0.504 e. The van der Waals surface area contributed by atoms with Crippen LogP contribution >= 0.6 is 71.0 Å². The van der Waals surface area contributed by atoms with Crippen LogP contribution in [0, 0.1) is 6.92 Å². The maximum Gasteiger partial charge on any atom is 0.202 e. The number of hydrogen-bond donors (Lipinski definition) is 14. The van der Waals surface area contributed by atoms with Crippen LogP contribution in [0.2, 0.25) is 10.0 Å². The van der Waals surface area contributed by atoms with Gasteiger partial charge >= 0.3 is 0 Å². The fourth-order valence-electron chi connectivity index (χ4n) is 5.07. The molecule has 0 atom stereocenters. The zero-order chi connectivity index (χ0) is 46.8. The number of phenolic OH excluding ortho intramolecular Hbond substituents is 14. The fourth-order valence-corrected chi connectivity index (χ4v) is 7.00. The lowest BCUT2D eigenvalue weighted by Gasteiger charge is -2.13. The Bertz CT molecular complexity index is 2800. The van der Waals surface area contributed by atoms with Gasteiger partial charge in [0.1, 0.15) is 0 Å². The van der Waals surface area contributed by atoms with Crippen molar-refractivity contribution in [2.75, 3.05) is 0 Å². The third-order valence-corrected chi connectivity index (χ3v) is 11.2. The summed E-state index contributed by atoms with van der Waals surface area (Å²) in [5.74, 6) is -10.3. The van der Waals surface area contributed by atoms with Crippen LogP contribution in [0.5, 0.6) is 80.5 Å². The number of aromatic hydroxyl groups is 14. The van der Waals surface area contributed by atoms with Gasteiger partial charge in [0.15, 0.2) is 86.3 Å². The lowest BCUT2D eigenvalue weighted by Crippen LogP contribution is -2.04. The van der Waals surface area contributed by atoms with Gasteiger partial charge in [-0.1, -0.05) is 23.2 Å². The van der Waals surface area contributed by atoms with Gasteiger partial charge < -0.3 is 71.5 Å². The lowest BCUT2D eigenvalue weighted by atomic mass is 10.00. The third kappa shape index (κ3) is 9.69. The Hall–Kier alpha value is -6.45. The van der Waals surface area contributed by atoms with E-state index in [4.69, 9.17) is 23.2 Å². The molecule has 0 fully saturated rings. The minimum atomic E-state index is -0.841. The predicted molar refractivity (Wildman–Crippen MR) is 230 cm³/mol. The van der Waals surface area contributed by atoms with Gasteiger partial charge in [0.25, 0.3) is 0 Å². The second kappa shape index (κ2) is 19.1. The average molecular weight is 1090 g/mol. The summed E-state index contributed by atoms with van der Waals surface area (Å²) in [5, 5.41) is 132. The minimum Gasteiger partial charge on any atom is -0.504 e. The molecule has 0 radical (unpaired) electrons. The normalized spacial score (nSPS) is 10.5. The van der Waals surface area contributed by atoms with E-state index in [1.165, 1.54) is 19.1 Å². The Labute approximate surface area is 382 Å². The molecule has 0 saturated carbocycles.